The molecule has 1 unspecified atom stereocenters. The van der Waals surface area contributed by atoms with E-state index in [4.69, 9.17) is 18.9 Å². The van der Waals surface area contributed by atoms with E-state index in [2.05, 4.69) is 48.9 Å². The number of carbonyl (C=O) groups is 3. The average molecular weight is 661 g/mol. The second kappa shape index (κ2) is 14.0. The van der Waals surface area contributed by atoms with Crippen molar-refractivity contribution in [2.24, 2.45) is 0 Å². The standard InChI is InChI=1S/C32H38BrNO7S/c1-6-38-27(35)10-8-7-9-15-39-28-19(2)20(3)29-23(21(28)4)13-14-32(5,41-29)18-40-25-12-11-22(16-24(25)33)17-26-30(36)34-31(37)42-26/h11-12,16-17H,6-10,13-15,18H2,1-5H3,(H,34,36,37). The summed E-state index contributed by atoms with van der Waals surface area (Å²) in [6.45, 7) is 11.5. The van der Waals surface area contributed by atoms with Crippen LogP contribution in [-0.2, 0) is 20.7 Å². The lowest BCUT2D eigenvalue weighted by molar-refractivity contribution is -0.143. The molecule has 10 heteroatoms. The molecule has 226 valence electrons. The van der Waals surface area contributed by atoms with Gasteiger partial charge in [-0.3, -0.25) is 19.7 Å². The van der Waals surface area contributed by atoms with Crippen LogP contribution in [0.2, 0.25) is 0 Å². The monoisotopic (exact) mass is 659 g/mol. The maximum Gasteiger partial charge on any atom is 0.305 e. The molecule has 4 rings (SSSR count). The first-order chi connectivity index (χ1) is 20.0. The first-order valence-corrected chi connectivity index (χ1v) is 15.9. The van der Waals surface area contributed by atoms with Crippen LogP contribution in [0.1, 0.15) is 73.8 Å². The van der Waals surface area contributed by atoms with Gasteiger partial charge in [0.05, 0.1) is 22.6 Å². The van der Waals surface area contributed by atoms with E-state index in [1.807, 2.05) is 25.1 Å². The van der Waals surface area contributed by atoms with Gasteiger partial charge < -0.3 is 18.9 Å². The first-order valence-electron chi connectivity index (χ1n) is 14.3. The maximum atomic E-state index is 11.9. The summed E-state index contributed by atoms with van der Waals surface area (Å²) in [5.74, 6) is 1.99. The molecule has 2 aliphatic rings. The van der Waals surface area contributed by atoms with Crippen molar-refractivity contribution >= 4 is 50.9 Å². The van der Waals surface area contributed by atoms with E-state index in [-0.39, 0.29) is 17.1 Å². The number of amides is 2. The van der Waals surface area contributed by atoms with E-state index in [0.29, 0.717) is 36.9 Å². The van der Waals surface area contributed by atoms with Crippen LogP contribution in [0.3, 0.4) is 0 Å². The van der Waals surface area contributed by atoms with Gasteiger partial charge >= 0.3 is 5.97 Å². The summed E-state index contributed by atoms with van der Waals surface area (Å²) in [6, 6.07) is 5.55. The van der Waals surface area contributed by atoms with Crippen LogP contribution < -0.4 is 19.5 Å². The Hall–Kier alpha value is -2.98. The number of nitrogens with one attached hydrogen (secondary N) is 1. The highest BCUT2D eigenvalue weighted by Gasteiger charge is 2.36. The van der Waals surface area contributed by atoms with Gasteiger partial charge in [-0.05, 0) is 135 Å². The number of ether oxygens (including phenoxy) is 4. The lowest BCUT2D eigenvalue weighted by Gasteiger charge is -2.38. The third kappa shape index (κ3) is 7.69. The fourth-order valence-corrected chi connectivity index (χ4v) is 6.28. The number of carbonyl (C=O) groups excluding carboxylic acids is 3. The zero-order chi connectivity index (χ0) is 30.4. The van der Waals surface area contributed by atoms with E-state index >= 15 is 0 Å². The molecule has 1 N–H and O–H groups in total. The fourth-order valence-electron chi connectivity index (χ4n) is 5.08. The molecular weight excluding hydrogens is 622 g/mol. The largest absolute Gasteiger partial charge is 0.493 e. The van der Waals surface area contributed by atoms with Crippen LogP contribution in [0.25, 0.3) is 6.08 Å². The van der Waals surface area contributed by atoms with Gasteiger partial charge in [-0.2, -0.15) is 0 Å². The minimum absolute atomic E-state index is 0.138. The number of imide groups is 1. The van der Waals surface area contributed by atoms with Gasteiger partial charge in [-0.15, -0.1) is 0 Å². The summed E-state index contributed by atoms with van der Waals surface area (Å²) in [6.07, 6.45) is 6.37. The topological polar surface area (TPSA) is 100 Å². The molecule has 8 nitrogen and oxygen atoms in total. The maximum absolute atomic E-state index is 11.9. The van der Waals surface area contributed by atoms with Crippen molar-refractivity contribution in [3.05, 3.63) is 55.4 Å². The number of thioether (sulfide) groups is 1. The Morgan fingerprint density at radius 1 is 1.12 bits per heavy atom. The van der Waals surface area contributed by atoms with E-state index in [1.54, 1.807) is 6.08 Å². The number of hydrogen-bond acceptors (Lipinski definition) is 8. The molecule has 2 aromatic carbocycles. The number of fused-ring (bicyclic) bond motifs is 1. The smallest absolute Gasteiger partial charge is 0.305 e. The predicted octanol–water partition coefficient (Wildman–Crippen LogP) is 7.36. The highest BCUT2D eigenvalue weighted by molar-refractivity contribution is 9.10. The number of esters is 1. The van der Waals surface area contributed by atoms with Crippen LogP contribution >= 0.6 is 27.7 Å². The molecule has 0 aromatic heterocycles. The summed E-state index contributed by atoms with van der Waals surface area (Å²) in [7, 11) is 0. The Bertz CT molecular complexity index is 1410. The number of benzene rings is 2. The minimum Gasteiger partial charge on any atom is -0.493 e. The van der Waals surface area contributed by atoms with Gasteiger partial charge in [-0.25, -0.2) is 0 Å². The Kier molecular flexibility index (Phi) is 10.6. The molecule has 2 aliphatic heterocycles. The van der Waals surface area contributed by atoms with E-state index in [0.717, 1.165) is 82.1 Å². The van der Waals surface area contributed by atoms with Crippen molar-refractivity contribution in [3.8, 4) is 17.2 Å². The first kappa shape index (κ1) is 31.9. The number of unbranched alkanes of at least 4 members (excludes halogenated alkanes) is 2. The molecule has 0 spiro atoms. The Morgan fingerprint density at radius 3 is 2.60 bits per heavy atom. The molecule has 42 heavy (non-hydrogen) atoms. The number of hydrogen-bond donors (Lipinski definition) is 1. The molecule has 2 amide bonds. The van der Waals surface area contributed by atoms with Crippen molar-refractivity contribution in [1.29, 1.82) is 0 Å². The zero-order valence-electron chi connectivity index (χ0n) is 24.8. The Balaban J connectivity index is 1.36. The third-order valence-electron chi connectivity index (χ3n) is 7.57. The molecule has 0 radical (unpaired) electrons. The molecule has 0 bridgehead atoms. The summed E-state index contributed by atoms with van der Waals surface area (Å²) in [4.78, 5) is 35.2. The van der Waals surface area contributed by atoms with E-state index in [9.17, 15) is 14.4 Å². The lowest BCUT2D eigenvalue weighted by atomic mass is 9.87. The molecule has 1 saturated heterocycles. The van der Waals surface area contributed by atoms with E-state index < -0.39 is 5.60 Å². The van der Waals surface area contributed by atoms with Crippen LogP contribution in [0, 0.1) is 20.8 Å². The van der Waals surface area contributed by atoms with Crippen LogP contribution in [0.15, 0.2) is 27.6 Å². The predicted molar refractivity (Wildman–Crippen MR) is 167 cm³/mol. The normalized spacial score (nSPS) is 18.9. The highest BCUT2D eigenvalue weighted by Crippen LogP contribution is 2.44. The minimum atomic E-state index is -0.517. The molecule has 2 heterocycles. The third-order valence-corrected chi connectivity index (χ3v) is 9.00. The van der Waals surface area contributed by atoms with Gasteiger partial charge in [0.1, 0.15) is 29.5 Å². The van der Waals surface area contributed by atoms with Gasteiger partial charge in [-0.1, -0.05) is 6.07 Å². The van der Waals surface area contributed by atoms with Gasteiger partial charge in [0.15, 0.2) is 0 Å². The number of halogens is 1. The summed E-state index contributed by atoms with van der Waals surface area (Å²) in [5.41, 5.74) is 4.71. The SMILES string of the molecule is CCOC(=O)CCCCCOc1c(C)c(C)c2c(c1C)CCC(C)(COc1ccc(C=C3SC(=O)NC3=O)cc1Br)O2. The van der Waals surface area contributed by atoms with Gasteiger partial charge in [0, 0.05) is 12.0 Å². The second-order valence-electron chi connectivity index (χ2n) is 10.9. The molecule has 0 saturated carbocycles. The molecule has 2 aromatic rings. The van der Waals surface area contributed by atoms with E-state index in [1.165, 1.54) is 5.56 Å². The fraction of sp³-hybridized carbons (Fsp3) is 0.469. The van der Waals surface area contributed by atoms with Crippen molar-refractivity contribution in [2.75, 3.05) is 19.8 Å². The summed E-state index contributed by atoms with van der Waals surface area (Å²) < 4.78 is 24.8. The number of rotatable bonds is 12. The Labute approximate surface area is 260 Å². The zero-order valence-corrected chi connectivity index (χ0v) is 27.2. The second-order valence-corrected chi connectivity index (χ2v) is 12.7. The molecule has 1 atom stereocenters. The molecule has 1 fully saturated rings. The van der Waals surface area contributed by atoms with Crippen LogP contribution in [0.4, 0.5) is 4.79 Å². The highest BCUT2D eigenvalue weighted by atomic mass is 79.9. The van der Waals surface area contributed by atoms with Crippen molar-refractivity contribution in [1.82, 2.24) is 5.32 Å². The lowest BCUT2D eigenvalue weighted by Crippen LogP contribution is -2.42. The van der Waals surface area contributed by atoms with Crippen molar-refractivity contribution < 1.29 is 33.3 Å². The summed E-state index contributed by atoms with van der Waals surface area (Å²) in [5, 5.41) is 1.90. The van der Waals surface area contributed by atoms with Gasteiger partial charge in [0.2, 0.25) is 0 Å². The van der Waals surface area contributed by atoms with Crippen molar-refractivity contribution in [3.63, 3.8) is 0 Å². The average Bonchev–Trinajstić information content (AvgIpc) is 3.26. The quantitative estimate of drug-likeness (QED) is 0.143. The Morgan fingerprint density at radius 2 is 1.90 bits per heavy atom. The van der Waals surface area contributed by atoms with Crippen LogP contribution in [0.5, 0.6) is 17.2 Å². The molecular formula is C32H38BrNO7S. The summed E-state index contributed by atoms with van der Waals surface area (Å²) >= 11 is 4.46. The van der Waals surface area contributed by atoms with Crippen molar-refractivity contribution in [2.45, 2.75) is 78.7 Å². The van der Waals surface area contributed by atoms with Crippen LogP contribution in [-0.4, -0.2) is 42.5 Å². The molecule has 0 aliphatic carbocycles. The van der Waals surface area contributed by atoms with Gasteiger partial charge in [0.25, 0.3) is 11.1 Å².